The van der Waals surface area contributed by atoms with E-state index in [-0.39, 0.29) is 12.2 Å². The van der Waals surface area contributed by atoms with E-state index in [0.29, 0.717) is 18.2 Å². The van der Waals surface area contributed by atoms with E-state index in [1.165, 1.54) is 5.57 Å². The summed E-state index contributed by atoms with van der Waals surface area (Å²) in [6.07, 6.45) is 7.03. The fourth-order valence-corrected chi connectivity index (χ4v) is 2.44. The van der Waals surface area contributed by atoms with Crippen molar-refractivity contribution in [1.82, 2.24) is 0 Å². The first-order valence-corrected chi connectivity index (χ1v) is 6.54. The van der Waals surface area contributed by atoms with Crippen LogP contribution in [0.2, 0.25) is 0 Å². The van der Waals surface area contributed by atoms with E-state index in [9.17, 15) is 4.79 Å². The molecule has 0 aromatic carbocycles. The van der Waals surface area contributed by atoms with Gasteiger partial charge < -0.3 is 9.53 Å². The predicted molar refractivity (Wildman–Crippen MR) is 66.8 cm³/mol. The molecule has 2 nitrogen and oxygen atoms in total. The monoisotopic (exact) mass is 244 g/mol. The van der Waals surface area contributed by atoms with Crippen molar-refractivity contribution >= 4 is 17.9 Å². The van der Waals surface area contributed by atoms with E-state index < -0.39 is 0 Å². The Morgan fingerprint density at radius 3 is 2.88 bits per heavy atom. The van der Waals surface area contributed by atoms with Crippen LogP contribution in [-0.4, -0.2) is 24.4 Å². The molecule has 0 radical (unpaired) electrons. The van der Waals surface area contributed by atoms with Gasteiger partial charge in [-0.1, -0.05) is 13.0 Å². The molecule has 0 amide bonds. The molecule has 0 saturated carbocycles. The Bertz CT molecular complexity index is 250. The summed E-state index contributed by atoms with van der Waals surface area (Å²) in [6.45, 7) is 4.32. The van der Waals surface area contributed by atoms with Crippen molar-refractivity contribution in [3.05, 3.63) is 11.6 Å². The van der Waals surface area contributed by atoms with Crippen LogP contribution in [0.4, 0.5) is 0 Å². The fraction of sp³-hybridized carbons (Fsp3) is 0.769. The molecular formula is C13H21ClO2. The SMILES string of the molecule is C/C(=C\CCCl)[C@@H]1OC(CCC=O)C[C@H]1C. The maximum absolute atomic E-state index is 10.3. The van der Waals surface area contributed by atoms with E-state index in [2.05, 4.69) is 19.9 Å². The van der Waals surface area contributed by atoms with E-state index in [0.717, 1.165) is 25.5 Å². The highest BCUT2D eigenvalue weighted by Crippen LogP contribution is 2.32. The van der Waals surface area contributed by atoms with Gasteiger partial charge in [-0.15, -0.1) is 11.6 Å². The number of halogens is 1. The van der Waals surface area contributed by atoms with E-state index in [4.69, 9.17) is 16.3 Å². The summed E-state index contributed by atoms with van der Waals surface area (Å²) >= 11 is 5.66. The summed E-state index contributed by atoms with van der Waals surface area (Å²) < 4.78 is 5.96. The second-order valence-corrected chi connectivity index (χ2v) is 4.94. The number of aldehydes is 1. The van der Waals surface area contributed by atoms with Crippen LogP contribution in [-0.2, 0) is 9.53 Å². The molecule has 0 spiro atoms. The van der Waals surface area contributed by atoms with Crippen LogP contribution in [0.3, 0.4) is 0 Å². The molecule has 3 atom stereocenters. The van der Waals surface area contributed by atoms with Gasteiger partial charge in [0.1, 0.15) is 6.29 Å². The number of ether oxygens (including phenoxy) is 1. The lowest BCUT2D eigenvalue weighted by Gasteiger charge is -2.16. The molecule has 1 unspecified atom stereocenters. The number of carbonyl (C=O) groups excluding carboxylic acids is 1. The first kappa shape index (κ1) is 13.7. The molecule has 0 aliphatic carbocycles. The molecule has 1 fully saturated rings. The lowest BCUT2D eigenvalue weighted by Crippen LogP contribution is -2.16. The van der Waals surface area contributed by atoms with Crippen molar-refractivity contribution in [2.75, 3.05) is 5.88 Å². The summed E-state index contributed by atoms with van der Waals surface area (Å²) in [5.74, 6) is 1.20. The topological polar surface area (TPSA) is 26.3 Å². The Morgan fingerprint density at radius 2 is 2.25 bits per heavy atom. The zero-order valence-electron chi connectivity index (χ0n) is 10.1. The highest BCUT2D eigenvalue weighted by atomic mass is 35.5. The lowest BCUT2D eigenvalue weighted by atomic mass is 9.95. The van der Waals surface area contributed by atoms with Crippen molar-refractivity contribution in [2.24, 2.45) is 5.92 Å². The predicted octanol–water partition coefficient (Wildman–Crippen LogP) is 3.33. The minimum Gasteiger partial charge on any atom is -0.370 e. The molecular weight excluding hydrogens is 224 g/mol. The molecule has 1 aliphatic rings. The summed E-state index contributed by atoms with van der Waals surface area (Å²) in [7, 11) is 0. The Kier molecular flexibility index (Phi) is 6.07. The first-order valence-electron chi connectivity index (χ1n) is 6.00. The summed E-state index contributed by atoms with van der Waals surface area (Å²) in [4.78, 5) is 10.3. The number of carbonyl (C=O) groups is 1. The van der Waals surface area contributed by atoms with Crippen LogP contribution >= 0.6 is 11.6 Å². The van der Waals surface area contributed by atoms with Crippen LogP contribution in [0.1, 0.15) is 39.5 Å². The van der Waals surface area contributed by atoms with Gasteiger partial charge in [0.05, 0.1) is 12.2 Å². The highest BCUT2D eigenvalue weighted by Gasteiger charge is 2.32. The number of rotatable bonds is 6. The van der Waals surface area contributed by atoms with Gasteiger partial charge in [0, 0.05) is 12.3 Å². The first-order chi connectivity index (χ1) is 7.69. The number of hydrogen-bond donors (Lipinski definition) is 0. The van der Waals surface area contributed by atoms with Gasteiger partial charge in [-0.05, 0) is 37.7 Å². The van der Waals surface area contributed by atoms with Gasteiger partial charge in [-0.2, -0.15) is 0 Å². The zero-order valence-corrected chi connectivity index (χ0v) is 10.9. The molecule has 16 heavy (non-hydrogen) atoms. The van der Waals surface area contributed by atoms with Crippen molar-refractivity contribution in [3.8, 4) is 0 Å². The fourth-order valence-electron chi connectivity index (χ4n) is 2.33. The van der Waals surface area contributed by atoms with Gasteiger partial charge in [0.2, 0.25) is 0 Å². The third kappa shape index (κ3) is 3.91. The average Bonchev–Trinajstić information content (AvgIpc) is 2.64. The highest BCUT2D eigenvalue weighted by molar-refractivity contribution is 6.17. The van der Waals surface area contributed by atoms with Gasteiger partial charge in [-0.3, -0.25) is 0 Å². The van der Waals surface area contributed by atoms with Gasteiger partial charge in [-0.25, -0.2) is 0 Å². The van der Waals surface area contributed by atoms with E-state index >= 15 is 0 Å². The average molecular weight is 245 g/mol. The van der Waals surface area contributed by atoms with Crippen molar-refractivity contribution in [2.45, 2.75) is 51.7 Å². The largest absolute Gasteiger partial charge is 0.370 e. The van der Waals surface area contributed by atoms with Crippen LogP contribution in [0.25, 0.3) is 0 Å². The van der Waals surface area contributed by atoms with Crippen LogP contribution in [0.5, 0.6) is 0 Å². The number of alkyl halides is 1. The minimum atomic E-state index is 0.222. The summed E-state index contributed by atoms with van der Waals surface area (Å²) in [5.41, 5.74) is 1.28. The Balaban J connectivity index is 2.46. The molecule has 0 N–H and O–H groups in total. The molecule has 0 bridgehead atoms. The number of allylic oxidation sites excluding steroid dienone is 1. The van der Waals surface area contributed by atoms with Crippen molar-refractivity contribution < 1.29 is 9.53 Å². The van der Waals surface area contributed by atoms with Gasteiger partial charge in [0.15, 0.2) is 0 Å². The van der Waals surface area contributed by atoms with E-state index in [1.807, 2.05) is 0 Å². The maximum Gasteiger partial charge on any atom is 0.120 e. The summed E-state index contributed by atoms with van der Waals surface area (Å²) in [5, 5.41) is 0. The zero-order chi connectivity index (χ0) is 12.0. The van der Waals surface area contributed by atoms with Crippen LogP contribution < -0.4 is 0 Å². The molecule has 0 aromatic rings. The summed E-state index contributed by atoms with van der Waals surface area (Å²) in [6, 6.07) is 0. The number of hydrogen-bond acceptors (Lipinski definition) is 2. The smallest absolute Gasteiger partial charge is 0.120 e. The van der Waals surface area contributed by atoms with Crippen LogP contribution in [0.15, 0.2) is 11.6 Å². The lowest BCUT2D eigenvalue weighted by molar-refractivity contribution is -0.108. The third-order valence-corrected chi connectivity index (χ3v) is 3.34. The van der Waals surface area contributed by atoms with Gasteiger partial charge in [0.25, 0.3) is 0 Å². The molecule has 1 saturated heterocycles. The standard InChI is InChI=1S/C13H21ClO2/c1-10(5-3-7-14)13-11(2)9-12(16-13)6-4-8-15/h5,8,11-13H,3-4,6-7,9H2,1-2H3/b10-5+/t11-,12?,13+/m1/s1. The molecule has 92 valence electrons. The quantitative estimate of drug-likeness (QED) is 0.407. The Morgan fingerprint density at radius 1 is 1.50 bits per heavy atom. The maximum atomic E-state index is 10.3. The Labute approximate surface area is 103 Å². The minimum absolute atomic E-state index is 0.222. The van der Waals surface area contributed by atoms with Gasteiger partial charge >= 0.3 is 0 Å². The van der Waals surface area contributed by atoms with Crippen molar-refractivity contribution in [3.63, 3.8) is 0 Å². The molecule has 0 aromatic heterocycles. The second-order valence-electron chi connectivity index (χ2n) is 4.56. The van der Waals surface area contributed by atoms with Crippen molar-refractivity contribution in [1.29, 1.82) is 0 Å². The molecule has 1 rings (SSSR count). The molecule has 1 heterocycles. The van der Waals surface area contributed by atoms with E-state index in [1.54, 1.807) is 0 Å². The normalized spacial score (nSPS) is 30.7. The Hall–Kier alpha value is -0.340. The second kappa shape index (κ2) is 7.08. The molecule has 3 heteroatoms. The third-order valence-electron chi connectivity index (χ3n) is 3.12. The van der Waals surface area contributed by atoms with Crippen LogP contribution in [0, 0.1) is 5.92 Å². The molecule has 1 aliphatic heterocycles.